The van der Waals surface area contributed by atoms with E-state index >= 15 is 0 Å². The number of carbonyl (C=O) groups excluding carboxylic acids is 1. The zero-order valence-corrected chi connectivity index (χ0v) is 8.55. The van der Waals surface area contributed by atoms with E-state index < -0.39 is 14.8 Å². The van der Waals surface area contributed by atoms with E-state index in [1.807, 2.05) is 0 Å². The van der Waals surface area contributed by atoms with E-state index in [1.165, 1.54) is 0 Å². The van der Waals surface area contributed by atoms with Crippen molar-refractivity contribution in [2.75, 3.05) is 13.2 Å². The van der Waals surface area contributed by atoms with Crippen LogP contribution in [0.1, 0.15) is 13.3 Å². The van der Waals surface area contributed by atoms with Crippen molar-refractivity contribution in [1.29, 1.82) is 0 Å². The number of hydrogen-bond donors (Lipinski definition) is 1. The summed E-state index contributed by atoms with van der Waals surface area (Å²) in [6.45, 7) is 4.40. The minimum absolute atomic E-state index is 0.385. The first-order valence-electron chi connectivity index (χ1n) is 4.07. The third kappa shape index (κ3) is 7.39. The molecule has 12 heavy (non-hydrogen) atoms. The molecule has 0 aliphatic rings. The zero-order valence-electron chi connectivity index (χ0n) is 7.55. The summed E-state index contributed by atoms with van der Waals surface area (Å²) >= 11 is 0. The van der Waals surface area contributed by atoms with Gasteiger partial charge in [-0.05, 0) is 25.9 Å². The summed E-state index contributed by atoms with van der Waals surface area (Å²) in [6.07, 6.45) is 0.362. The summed E-state index contributed by atoms with van der Waals surface area (Å²) in [7, 11) is -1.39. The van der Waals surface area contributed by atoms with Crippen LogP contribution in [-0.4, -0.2) is 27.9 Å². The topological polar surface area (TPSA) is 55.4 Å². The lowest BCUT2D eigenvalue weighted by molar-refractivity contribution is 0.152. The van der Waals surface area contributed by atoms with Crippen molar-refractivity contribution in [3.8, 4) is 0 Å². The van der Waals surface area contributed by atoms with Crippen molar-refractivity contribution in [1.82, 2.24) is 5.32 Å². The molecule has 0 aromatic rings. The molecule has 1 N–H and O–H groups in total. The lowest BCUT2D eigenvalue weighted by Gasteiger charge is -2.02. The maximum atomic E-state index is 10.7. The standard InChI is InChI=1S/C7H15NO3Si/c1-3-11-7(9)8-5-4-6-12(2)10/h3-6H2,1-2H3,(H,8,9). The molecule has 5 heteroatoms. The molecule has 0 fully saturated rings. The molecule has 4 nitrogen and oxygen atoms in total. The van der Waals surface area contributed by atoms with Gasteiger partial charge in [-0.3, -0.25) is 0 Å². The molecule has 0 atom stereocenters. The van der Waals surface area contributed by atoms with E-state index in [0.29, 0.717) is 19.2 Å². The molecule has 0 heterocycles. The highest BCUT2D eigenvalue weighted by Gasteiger charge is 1.99. The molecule has 0 aliphatic heterocycles. The fourth-order valence-corrected chi connectivity index (χ4v) is 1.38. The summed E-state index contributed by atoms with van der Waals surface area (Å²) in [5.74, 6) is 0. The minimum atomic E-state index is -1.39. The van der Waals surface area contributed by atoms with Gasteiger partial charge in [0.25, 0.3) is 8.68 Å². The number of hydrogen-bond acceptors (Lipinski definition) is 3. The van der Waals surface area contributed by atoms with Crippen molar-refractivity contribution in [2.24, 2.45) is 0 Å². The van der Waals surface area contributed by atoms with E-state index in [1.54, 1.807) is 13.5 Å². The van der Waals surface area contributed by atoms with Crippen LogP contribution in [0.25, 0.3) is 0 Å². The van der Waals surface area contributed by atoms with Gasteiger partial charge in [0, 0.05) is 6.54 Å². The molecule has 1 amide bonds. The fraction of sp³-hybridized carbons (Fsp3) is 0.857. The highest BCUT2D eigenvalue weighted by Crippen LogP contribution is 1.88. The quantitative estimate of drug-likeness (QED) is 0.522. The van der Waals surface area contributed by atoms with Crippen LogP contribution in [0.2, 0.25) is 12.6 Å². The molecule has 0 aliphatic carbocycles. The molecular weight excluding hydrogens is 174 g/mol. The van der Waals surface area contributed by atoms with Crippen LogP contribution < -0.4 is 5.32 Å². The van der Waals surface area contributed by atoms with Crippen molar-refractivity contribution in [2.45, 2.75) is 25.9 Å². The second-order valence-electron chi connectivity index (χ2n) is 2.45. The molecule has 0 rings (SSSR count). The predicted octanol–water partition coefficient (Wildman–Crippen LogP) is 1.17. The van der Waals surface area contributed by atoms with Crippen LogP contribution in [0.15, 0.2) is 0 Å². The Morgan fingerprint density at radius 2 is 2.25 bits per heavy atom. The second kappa shape index (κ2) is 6.96. The molecule has 0 unspecified atom stereocenters. The largest absolute Gasteiger partial charge is 0.450 e. The maximum Gasteiger partial charge on any atom is 0.407 e. The lowest BCUT2D eigenvalue weighted by Crippen LogP contribution is -2.25. The van der Waals surface area contributed by atoms with Crippen molar-refractivity contribution >= 4 is 14.8 Å². The van der Waals surface area contributed by atoms with Gasteiger partial charge in [0.2, 0.25) is 0 Å². The Hall–Kier alpha value is -0.713. The zero-order chi connectivity index (χ0) is 9.40. The summed E-state index contributed by atoms with van der Waals surface area (Å²) in [5.41, 5.74) is 0. The number of alkyl carbamates (subject to hydrolysis) is 1. The molecule has 70 valence electrons. The van der Waals surface area contributed by atoms with E-state index in [2.05, 4.69) is 10.1 Å². The van der Waals surface area contributed by atoms with Crippen LogP contribution >= 0.6 is 0 Å². The van der Waals surface area contributed by atoms with Gasteiger partial charge in [0.05, 0.1) is 6.61 Å². The van der Waals surface area contributed by atoms with Gasteiger partial charge in [-0.2, -0.15) is 0 Å². The first-order valence-corrected chi connectivity index (χ1v) is 6.18. The summed E-state index contributed by atoms with van der Waals surface area (Å²) < 4.78 is 15.3. The average Bonchev–Trinajstić information content (AvgIpc) is 1.98. The van der Waals surface area contributed by atoms with Crippen molar-refractivity contribution < 1.29 is 14.0 Å². The number of amides is 1. The van der Waals surface area contributed by atoms with Crippen LogP contribution in [0.4, 0.5) is 4.79 Å². The van der Waals surface area contributed by atoms with Crippen LogP contribution in [0.3, 0.4) is 0 Å². The average molecular weight is 189 g/mol. The SMILES string of the molecule is CCOC(=O)NCCC[Si](C)=O. The maximum absolute atomic E-state index is 10.7. The molecule has 0 spiro atoms. The fourth-order valence-electron chi connectivity index (χ4n) is 0.710. The number of rotatable bonds is 5. The normalized spacial score (nSPS) is 9.17. The third-order valence-corrected chi connectivity index (χ3v) is 2.31. The Morgan fingerprint density at radius 3 is 2.75 bits per heavy atom. The van der Waals surface area contributed by atoms with Gasteiger partial charge in [0.1, 0.15) is 0 Å². The highest BCUT2D eigenvalue weighted by molar-refractivity contribution is 6.40. The molecule has 0 saturated heterocycles. The van der Waals surface area contributed by atoms with Gasteiger partial charge in [-0.1, -0.05) is 0 Å². The Kier molecular flexibility index (Phi) is 6.55. The van der Waals surface area contributed by atoms with Crippen LogP contribution in [0, 0.1) is 0 Å². The summed E-state index contributed by atoms with van der Waals surface area (Å²) in [6, 6.07) is 0.692. The lowest BCUT2D eigenvalue weighted by atomic mass is 10.5. The summed E-state index contributed by atoms with van der Waals surface area (Å²) in [4.78, 5) is 10.7. The number of ether oxygens (including phenoxy) is 1. The Bertz CT molecular complexity index is 161. The first-order chi connectivity index (χ1) is 5.66. The van der Waals surface area contributed by atoms with E-state index in [0.717, 1.165) is 6.42 Å². The van der Waals surface area contributed by atoms with E-state index in [4.69, 9.17) is 0 Å². The van der Waals surface area contributed by atoms with Crippen LogP contribution in [-0.2, 0) is 9.20 Å². The number of nitrogens with one attached hydrogen (secondary N) is 1. The van der Waals surface area contributed by atoms with Gasteiger partial charge in [0.15, 0.2) is 0 Å². The first kappa shape index (κ1) is 11.3. The molecular formula is C7H15NO3Si. The predicted molar refractivity (Wildman–Crippen MR) is 46.8 cm³/mol. The Labute approximate surface area is 74.0 Å². The van der Waals surface area contributed by atoms with E-state index in [-0.39, 0.29) is 0 Å². The number of carbonyl (C=O) groups is 1. The second-order valence-corrected chi connectivity index (χ2v) is 4.36. The third-order valence-electron chi connectivity index (χ3n) is 1.25. The van der Waals surface area contributed by atoms with Gasteiger partial charge >= 0.3 is 6.09 Å². The summed E-state index contributed by atoms with van der Waals surface area (Å²) in [5, 5.41) is 2.56. The van der Waals surface area contributed by atoms with Crippen molar-refractivity contribution in [3.05, 3.63) is 0 Å². The molecule has 0 aromatic carbocycles. The van der Waals surface area contributed by atoms with Gasteiger partial charge in [-0.25, -0.2) is 4.79 Å². The highest BCUT2D eigenvalue weighted by atomic mass is 28.3. The Balaban J connectivity index is 3.19. The minimum Gasteiger partial charge on any atom is -0.450 e. The van der Waals surface area contributed by atoms with Gasteiger partial charge < -0.3 is 14.5 Å². The van der Waals surface area contributed by atoms with Crippen LogP contribution in [0.5, 0.6) is 0 Å². The van der Waals surface area contributed by atoms with Gasteiger partial charge in [-0.15, -0.1) is 0 Å². The van der Waals surface area contributed by atoms with E-state index in [9.17, 15) is 9.26 Å². The molecule has 0 aromatic heterocycles. The smallest absolute Gasteiger partial charge is 0.407 e. The molecule has 0 bridgehead atoms. The molecule has 0 saturated carbocycles. The Morgan fingerprint density at radius 1 is 1.58 bits per heavy atom. The monoisotopic (exact) mass is 189 g/mol. The van der Waals surface area contributed by atoms with Crippen molar-refractivity contribution in [3.63, 3.8) is 0 Å². The molecule has 0 radical (unpaired) electrons.